The molecule has 106 valence electrons. The van der Waals surface area contributed by atoms with E-state index in [-0.39, 0.29) is 6.03 Å². The Labute approximate surface area is 115 Å². The SMILES string of the molecule is COCCCN(C)C(=O)NCCc1ccccc1C. The second-order valence-corrected chi connectivity index (χ2v) is 4.68. The van der Waals surface area contributed by atoms with Crippen LogP contribution < -0.4 is 5.32 Å². The van der Waals surface area contributed by atoms with Gasteiger partial charge in [-0.3, -0.25) is 0 Å². The molecular weight excluding hydrogens is 240 g/mol. The standard InChI is InChI=1S/C15H24N2O2/c1-13-7-4-5-8-14(13)9-10-16-15(18)17(2)11-6-12-19-3/h4-5,7-8H,6,9-12H2,1-3H3,(H,16,18). The van der Waals surface area contributed by atoms with E-state index in [0.717, 1.165) is 12.8 Å². The summed E-state index contributed by atoms with van der Waals surface area (Å²) < 4.78 is 4.97. The van der Waals surface area contributed by atoms with Crippen molar-refractivity contribution in [2.75, 3.05) is 33.9 Å². The molecule has 0 radical (unpaired) electrons. The summed E-state index contributed by atoms with van der Waals surface area (Å²) in [5.41, 5.74) is 2.55. The highest BCUT2D eigenvalue weighted by Crippen LogP contribution is 2.06. The molecule has 0 saturated carbocycles. The number of rotatable bonds is 7. The Kier molecular flexibility index (Phi) is 6.97. The maximum Gasteiger partial charge on any atom is 0.317 e. The second-order valence-electron chi connectivity index (χ2n) is 4.68. The number of urea groups is 1. The summed E-state index contributed by atoms with van der Waals surface area (Å²) in [5.74, 6) is 0. The largest absolute Gasteiger partial charge is 0.385 e. The predicted octanol–water partition coefficient (Wildman–Crippen LogP) is 2.22. The third kappa shape index (κ3) is 5.75. The Morgan fingerprint density at radius 1 is 1.37 bits per heavy atom. The smallest absolute Gasteiger partial charge is 0.317 e. The fourth-order valence-electron chi connectivity index (χ4n) is 1.88. The van der Waals surface area contributed by atoms with Gasteiger partial charge in [0.1, 0.15) is 0 Å². The van der Waals surface area contributed by atoms with E-state index in [1.165, 1.54) is 11.1 Å². The highest BCUT2D eigenvalue weighted by molar-refractivity contribution is 5.73. The number of carbonyl (C=O) groups excluding carboxylic acids is 1. The van der Waals surface area contributed by atoms with Crippen LogP contribution in [0.1, 0.15) is 17.5 Å². The van der Waals surface area contributed by atoms with Gasteiger partial charge in [0.2, 0.25) is 0 Å². The average Bonchev–Trinajstić information content (AvgIpc) is 2.41. The maximum absolute atomic E-state index is 11.8. The zero-order chi connectivity index (χ0) is 14.1. The predicted molar refractivity (Wildman–Crippen MR) is 77.4 cm³/mol. The van der Waals surface area contributed by atoms with Gasteiger partial charge in [-0.1, -0.05) is 24.3 Å². The van der Waals surface area contributed by atoms with Crippen LogP contribution in [-0.4, -0.2) is 44.8 Å². The van der Waals surface area contributed by atoms with Gasteiger partial charge in [-0.25, -0.2) is 4.79 Å². The van der Waals surface area contributed by atoms with E-state index in [4.69, 9.17) is 4.74 Å². The molecule has 19 heavy (non-hydrogen) atoms. The number of carbonyl (C=O) groups is 1. The molecule has 4 heteroatoms. The van der Waals surface area contributed by atoms with E-state index in [1.54, 1.807) is 19.1 Å². The molecule has 0 aliphatic carbocycles. The molecule has 0 heterocycles. The lowest BCUT2D eigenvalue weighted by Gasteiger charge is -2.17. The van der Waals surface area contributed by atoms with Crippen LogP contribution in [0.5, 0.6) is 0 Å². The van der Waals surface area contributed by atoms with Crippen molar-refractivity contribution in [3.8, 4) is 0 Å². The number of hydrogen-bond donors (Lipinski definition) is 1. The maximum atomic E-state index is 11.8. The van der Waals surface area contributed by atoms with E-state index in [2.05, 4.69) is 24.4 Å². The van der Waals surface area contributed by atoms with Gasteiger partial charge in [-0.15, -0.1) is 0 Å². The van der Waals surface area contributed by atoms with Crippen molar-refractivity contribution in [3.05, 3.63) is 35.4 Å². The van der Waals surface area contributed by atoms with Crippen LogP contribution in [0, 0.1) is 6.92 Å². The molecule has 0 unspecified atom stereocenters. The number of methoxy groups -OCH3 is 1. The van der Waals surface area contributed by atoms with E-state index in [0.29, 0.717) is 19.7 Å². The monoisotopic (exact) mass is 264 g/mol. The van der Waals surface area contributed by atoms with Crippen molar-refractivity contribution in [3.63, 3.8) is 0 Å². The van der Waals surface area contributed by atoms with Gasteiger partial charge in [-0.05, 0) is 30.9 Å². The molecule has 0 saturated heterocycles. The lowest BCUT2D eigenvalue weighted by molar-refractivity contribution is 0.175. The number of aryl methyl sites for hydroxylation is 1. The Bertz CT molecular complexity index is 393. The van der Waals surface area contributed by atoms with Gasteiger partial charge in [-0.2, -0.15) is 0 Å². The first-order valence-electron chi connectivity index (χ1n) is 6.67. The van der Waals surface area contributed by atoms with Gasteiger partial charge >= 0.3 is 6.03 Å². The van der Waals surface area contributed by atoms with E-state index in [1.807, 2.05) is 12.1 Å². The first kappa shape index (κ1) is 15.5. The molecule has 0 bridgehead atoms. The van der Waals surface area contributed by atoms with E-state index < -0.39 is 0 Å². The second kappa shape index (κ2) is 8.53. The van der Waals surface area contributed by atoms with Crippen molar-refractivity contribution in [1.29, 1.82) is 0 Å². The first-order chi connectivity index (χ1) is 9.15. The number of nitrogens with one attached hydrogen (secondary N) is 1. The van der Waals surface area contributed by atoms with Crippen molar-refractivity contribution in [2.24, 2.45) is 0 Å². The zero-order valence-corrected chi connectivity index (χ0v) is 12.1. The summed E-state index contributed by atoms with van der Waals surface area (Å²) >= 11 is 0. The van der Waals surface area contributed by atoms with Gasteiger partial charge in [0.25, 0.3) is 0 Å². The van der Waals surface area contributed by atoms with Crippen LogP contribution in [-0.2, 0) is 11.2 Å². The summed E-state index contributed by atoms with van der Waals surface area (Å²) in [5, 5.41) is 2.93. The highest BCUT2D eigenvalue weighted by Gasteiger charge is 2.07. The summed E-state index contributed by atoms with van der Waals surface area (Å²) in [6.07, 6.45) is 1.72. The van der Waals surface area contributed by atoms with Gasteiger partial charge < -0.3 is 15.0 Å². The summed E-state index contributed by atoms with van der Waals surface area (Å²) in [6.45, 7) is 4.15. The number of nitrogens with zero attached hydrogens (tertiary/aromatic N) is 1. The normalized spacial score (nSPS) is 10.3. The van der Waals surface area contributed by atoms with E-state index in [9.17, 15) is 4.79 Å². The molecule has 1 rings (SSSR count). The van der Waals surface area contributed by atoms with Crippen molar-refractivity contribution >= 4 is 6.03 Å². The van der Waals surface area contributed by atoms with Crippen molar-refractivity contribution < 1.29 is 9.53 Å². The summed E-state index contributed by atoms with van der Waals surface area (Å²) in [6, 6.07) is 8.23. The molecule has 1 N–H and O–H groups in total. The Hall–Kier alpha value is -1.55. The fraction of sp³-hybridized carbons (Fsp3) is 0.533. The minimum Gasteiger partial charge on any atom is -0.385 e. The molecule has 1 aromatic carbocycles. The number of amides is 2. The lowest BCUT2D eigenvalue weighted by atomic mass is 10.1. The number of ether oxygens (including phenoxy) is 1. The van der Waals surface area contributed by atoms with Crippen LogP contribution in [0.4, 0.5) is 4.79 Å². The van der Waals surface area contributed by atoms with E-state index >= 15 is 0 Å². The van der Waals surface area contributed by atoms with Crippen molar-refractivity contribution in [1.82, 2.24) is 10.2 Å². The van der Waals surface area contributed by atoms with Crippen LogP contribution in [0.15, 0.2) is 24.3 Å². The third-order valence-corrected chi connectivity index (χ3v) is 3.12. The molecule has 0 spiro atoms. The Morgan fingerprint density at radius 3 is 2.79 bits per heavy atom. The van der Waals surface area contributed by atoms with Gasteiger partial charge in [0, 0.05) is 33.9 Å². The number of benzene rings is 1. The van der Waals surface area contributed by atoms with Crippen LogP contribution in [0.25, 0.3) is 0 Å². The molecule has 0 aliphatic rings. The van der Waals surface area contributed by atoms with Gasteiger partial charge in [0.05, 0.1) is 0 Å². The Morgan fingerprint density at radius 2 is 2.11 bits per heavy atom. The summed E-state index contributed by atoms with van der Waals surface area (Å²) in [4.78, 5) is 13.5. The first-order valence-corrected chi connectivity index (χ1v) is 6.67. The van der Waals surface area contributed by atoms with Gasteiger partial charge in [0.15, 0.2) is 0 Å². The van der Waals surface area contributed by atoms with Crippen LogP contribution in [0.2, 0.25) is 0 Å². The molecule has 0 atom stereocenters. The molecule has 0 aliphatic heterocycles. The molecule has 2 amide bonds. The molecular formula is C15H24N2O2. The average molecular weight is 264 g/mol. The molecule has 4 nitrogen and oxygen atoms in total. The third-order valence-electron chi connectivity index (χ3n) is 3.12. The quantitative estimate of drug-likeness (QED) is 0.767. The van der Waals surface area contributed by atoms with Crippen LogP contribution >= 0.6 is 0 Å². The summed E-state index contributed by atoms with van der Waals surface area (Å²) in [7, 11) is 3.47. The van der Waals surface area contributed by atoms with Crippen molar-refractivity contribution in [2.45, 2.75) is 19.8 Å². The Balaban J connectivity index is 2.25. The number of hydrogen-bond acceptors (Lipinski definition) is 2. The van der Waals surface area contributed by atoms with Crippen LogP contribution in [0.3, 0.4) is 0 Å². The zero-order valence-electron chi connectivity index (χ0n) is 12.1. The minimum absolute atomic E-state index is 0.0234. The lowest BCUT2D eigenvalue weighted by Crippen LogP contribution is -2.39. The molecule has 0 aromatic heterocycles. The minimum atomic E-state index is -0.0234. The fourth-order valence-corrected chi connectivity index (χ4v) is 1.88. The molecule has 0 fully saturated rings. The topological polar surface area (TPSA) is 41.6 Å². The molecule has 1 aromatic rings. The highest BCUT2D eigenvalue weighted by atomic mass is 16.5.